The number of carbonyl (C=O) groups excluding carboxylic acids is 2. The lowest BCUT2D eigenvalue weighted by Gasteiger charge is -2.10. The summed E-state index contributed by atoms with van der Waals surface area (Å²) >= 11 is 3.28. The van der Waals surface area contributed by atoms with Crippen LogP contribution in [0.2, 0.25) is 0 Å². The Labute approximate surface area is 109 Å². The van der Waals surface area contributed by atoms with Gasteiger partial charge in [-0.3, -0.25) is 9.59 Å². The first-order valence-electron chi connectivity index (χ1n) is 5.27. The summed E-state index contributed by atoms with van der Waals surface area (Å²) in [5.41, 5.74) is 1.46. The summed E-state index contributed by atoms with van der Waals surface area (Å²) in [5.74, 6) is -0.0940. The summed E-state index contributed by atoms with van der Waals surface area (Å²) in [6, 6.07) is 7.27. The fourth-order valence-corrected chi connectivity index (χ4v) is 1.39. The van der Waals surface area contributed by atoms with Gasteiger partial charge in [0, 0.05) is 5.69 Å². The van der Waals surface area contributed by atoms with Crippen molar-refractivity contribution in [3.63, 3.8) is 0 Å². The number of nitrogens with one attached hydrogen (secondary N) is 1. The van der Waals surface area contributed by atoms with Crippen LogP contribution >= 0.6 is 15.9 Å². The summed E-state index contributed by atoms with van der Waals surface area (Å²) in [6.07, 6.45) is 5.28. The van der Waals surface area contributed by atoms with E-state index < -0.39 is 0 Å². The van der Waals surface area contributed by atoms with Gasteiger partial charge >= 0.3 is 0 Å². The molecule has 0 fully saturated rings. The molecule has 0 spiro atoms. The van der Waals surface area contributed by atoms with Crippen molar-refractivity contribution >= 4 is 39.9 Å². The summed E-state index contributed by atoms with van der Waals surface area (Å²) in [4.78, 5) is 21.7. The average Bonchev–Trinajstić information content (AvgIpc) is 2.36. The molecule has 1 radical (unpaired) electrons. The van der Waals surface area contributed by atoms with Crippen molar-refractivity contribution in [1.29, 1.82) is 0 Å². The number of hydrogen-bond donors (Lipinski definition) is 1. The van der Waals surface area contributed by atoms with E-state index in [1.165, 1.54) is 6.08 Å². The topological polar surface area (TPSA) is 46.2 Å². The van der Waals surface area contributed by atoms with E-state index in [4.69, 9.17) is 0 Å². The number of carbonyl (C=O) groups is 1. The van der Waals surface area contributed by atoms with Gasteiger partial charge in [-0.15, -0.1) is 0 Å². The molecule has 1 aromatic carbocycles. The van der Waals surface area contributed by atoms with Crippen LogP contribution in [-0.4, -0.2) is 17.0 Å². The number of para-hydroxylation sites is 1. The van der Waals surface area contributed by atoms with Gasteiger partial charge in [-0.25, -0.2) is 0 Å². The van der Waals surface area contributed by atoms with Gasteiger partial charge in [-0.2, -0.15) is 0 Å². The zero-order chi connectivity index (χ0) is 12.7. The Bertz CT molecular complexity index is 429. The molecular formula is C13H13BrNO2. The van der Waals surface area contributed by atoms with Crippen LogP contribution in [0.5, 0.6) is 0 Å². The molecule has 1 aromatic rings. The van der Waals surface area contributed by atoms with Crippen molar-refractivity contribution < 1.29 is 9.59 Å². The van der Waals surface area contributed by atoms with E-state index in [9.17, 15) is 9.59 Å². The van der Waals surface area contributed by atoms with E-state index in [1.807, 2.05) is 25.1 Å². The van der Waals surface area contributed by atoms with Crippen LogP contribution in [0.15, 0.2) is 30.3 Å². The summed E-state index contributed by atoms with van der Waals surface area (Å²) in [5, 5.41) is 2.80. The van der Waals surface area contributed by atoms with Gasteiger partial charge < -0.3 is 5.32 Å². The van der Waals surface area contributed by atoms with E-state index in [-0.39, 0.29) is 10.7 Å². The maximum Gasteiger partial charge on any atom is 0.238 e. The van der Waals surface area contributed by atoms with Crippen molar-refractivity contribution in [1.82, 2.24) is 0 Å². The van der Waals surface area contributed by atoms with Crippen molar-refractivity contribution in [2.24, 2.45) is 0 Å². The van der Waals surface area contributed by atoms with Crippen molar-refractivity contribution in [2.75, 3.05) is 5.32 Å². The molecule has 0 aromatic heterocycles. The first-order valence-corrected chi connectivity index (χ1v) is 6.18. The Morgan fingerprint density at radius 3 is 2.88 bits per heavy atom. The van der Waals surface area contributed by atoms with Crippen LogP contribution < -0.4 is 5.32 Å². The second-order valence-electron chi connectivity index (χ2n) is 3.40. The minimum atomic E-state index is -0.211. The molecule has 0 heterocycles. The lowest BCUT2D eigenvalue weighted by Crippen LogP contribution is -2.22. The molecule has 1 rings (SSSR count). The molecule has 1 atom stereocenters. The first-order chi connectivity index (χ1) is 8.19. The molecule has 0 aliphatic heterocycles. The van der Waals surface area contributed by atoms with Gasteiger partial charge in [0.2, 0.25) is 12.2 Å². The molecule has 1 unspecified atom stereocenters. The quantitative estimate of drug-likeness (QED) is 0.670. The normalized spacial score (nSPS) is 12.4. The SMILES string of the molecule is CCC(Br)C(=O)Nc1ccccc1/C=C/[C]=O. The maximum atomic E-state index is 11.7. The molecule has 0 bridgehead atoms. The number of alkyl halides is 1. The summed E-state index contributed by atoms with van der Waals surface area (Å²) in [6.45, 7) is 1.92. The summed E-state index contributed by atoms with van der Waals surface area (Å²) < 4.78 is 0. The number of anilines is 1. The zero-order valence-corrected chi connectivity index (χ0v) is 11.0. The minimum absolute atomic E-state index is 0.0940. The Morgan fingerprint density at radius 1 is 1.53 bits per heavy atom. The van der Waals surface area contributed by atoms with Crippen LogP contribution in [0.3, 0.4) is 0 Å². The third-order valence-electron chi connectivity index (χ3n) is 2.19. The lowest BCUT2D eigenvalue weighted by atomic mass is 10.1. The van der Waals surface area contributed by atoms with Crippen LogP contribution in [0, 0.1) is 0 Å². The highest BCUT2D eigenvalue weighted by Crippen LogP contribution is 2.18. The summed E-state index contributed by atoms with van der Waals surface area (Å²) in [7, 11) is 0. The van der Waals surface area contributed by atoms with E-state index >= 15 is 0 Å². The monoisotopic (exact) mass is 294 g/mol. The van der Waals surface area contributed by atoms with Crippen LogP contribution in [0.25, 0.3) is 6.08 Å². The number of amides is 1. The lowest BCUT2D eigenvalue weighted by molar-refractivity contribution is -0.115. The largest absolute Gasteiger partial charge is 0.325 e. The predicted octanol–water partition coefficient (Wildman–Crippen LogP) is 2.92. The Morgan fingerprint density at radius 2 is 2.24 bits per heavy atom. The highest BCUT2D eigenvalue weighted by atomic mass is 79.9. The third-order valence-corrected chi connectivity index (χ3v) is 3.26. The average molecular weight is 295 g/mol. The fourth-order valence-electron chi connectivity index (χ4n) is 1.28. The smallest absolute Gasteiger partial charge is 0.238 e. The molecule has 1 N–H and O–H groups in total. The third kappa shape index (κ3) is 4.15. The van der Waals surface area contributed by atoms with Crippen LogP contribution in [0.4, 0.5) is 5.69 Å². The van der Waals surface area contributed by atoms with E-state index in [1.54, 1.807) is 18.4 Å². The van der Waals surface area contributed by atoms with Crippen molar-refractivity contribution in [3.8, 4) is 0 Å². The highest BCUT2D eigenvalue weighted by Gasteiger charge is 2.13. The number of benzene rings is 1. The molecule has 89 valence electrons. The van der Waals surface area contributed by atoms with Gasteiger partial charge in [0.25, 0.3) is 0 Å². The van der Waals surface area contributed by atoms with Gasteiger partial charge in [-0.05, 0) is 30.2 Å². The molecule has 4 heteroatoms. The fraction of sp³-hybridized carbons (Fsp3) is 0.231. The second kappa shape index (κ2) is 7.01. The number of rotatable bonds is 5. The molecule has 0 saturated carbocycles. The molecule has 17 heavy (non-hydrogen) atoms. The Balaban J connectivity index is 2.86. The van der Waals surface area contributed by atoms with Crippen molar-refractivity contribution in [2.45, 2.75) is 18.2 Å². The van der Waals surface area contributed by atoms with Gasteiger partial charge in [-0.1, -0.05) is 41.1 Å². The van der Waals surface area contributed by atoms with E-state index in [0.29, 0.717) is 12.1 Å². The number of allylic oxidation sites excluding steroid dienone is 1. The van der Waals surface area contributed by atoms with E-state index in [2.05, 4.69) is 21.2 Å². The molecule has 3 nitrogen and oxygen atoms in total. The molecular weight excluding hydrogens is 282 g/mol. The minimum Gasteiger partial charge on any atom is -0.325 e. The zero-order valence-electron chi connectivity index (χ0n) is 9.44. The van der Waals surface area contributed by atoms with Crippen LogP contribution in [0.1, 0.15) is 18.9 Å². The predicted molar refractivity (Wildman–Crippen MR) is 72.8 cm³/mol. The van der Waals surface area contributed by atoms with E-state index in [0.717, 1.165) is 5.56 Å². The van der Waals surface area contributed by atoms with Gasteiger partial charge in [0.15, 0.2) is 0 Å². The molecule has 0 saturated heterocycles. The number of hydrogen-bond acceptors (Lipinski definition) is 2. The number of halogens is 1. The second-order valence-corrected chi connectivity index (χ2v) is 4.51. The van der Waals surface area contributed by atoms with Crippen LogP contribution in [-0.2, 0) is 9.59 Å². The molecule has 0 aliphatic carbocycles. The molecule has 1 amide bonds. The highest BCUT2D eigenvalue weighted by molar-refractivity contribution is 9.10. The maximum absolute atomic E-state index is 11.7. The Hall–Kier alpha value is -1.42. The molecule has 0 aliphatic rings. The van der Waals surface area contributed by atoms with Crippen molar-refractivity contribution in [3.05, 3.63) is 35.9 Å². The Kier molecular flexibility index (Phi) is 5.63. The van der Waals surface area contributed by atoms with Gasteiger partial charge in [0.05, 0.1) is 4.83 Å². The van der Waals surface area contributed by atoms with Gasteiger partial charge in [0.1, 0.15) is 0 Å². The standard InChI is InChI=1S/C13H13BrNO2/c1-2-11(14)13(17)15-12-8-4-3-6-10(12)7-5-9-16/h3-8,11H,2H2,1H3,(H,15,17)/b7-5+. The first kappa shape index (κ1) is 13.6.